The second kappa shape index (κ2) is 13.9. The van der Waals surface area contributed by atoms with Crippen LogP contribution in [-0.2, 0) is 24.4 Å². The average Bonchev–Trinajstić information content (AvgIpc) is 3.14. The Labute approximate surface area is 216 Å². The van der Waals surface area contributed by atoms with Gasteiger partial charge in [-0.3, -0.25) is 9.36 Å². The molecule has 0 atom stereocenters. The Morgan fingerprint density at radius 3 is 2.42 bits per heavy atom. The van der Waals surface area contributed by atoms with Gasteiger partial charge in [-0.05, 0) is 55.2 Å². The summed E-state index contributed by atoms with van der Waals surface area (Å²) in [6, 6.07) is 4.26. The van der Waals surface area contributed by atoms with Crippen LogP contribution in [0.1, 0.15) is 74.2 Å². The Balaban J connectivity index is 0.00000145. The molecule has 0 aliphatic heterocycles. The molecule has 1 aromatic heterocycles. The summed E-state index contributed by atoms with van der Waals surface area (Å²) in [5.41, 5.74) is 0.630. The summed E-state index contributed by atoms with van der Waals surface area (Å²) in [4.78, 5) is 17.1. The smallest absolute Gasteiger partial charge is 0.350 e. The highest BCUT2D eigenvalue weighted by Gasteiger charge is 2.27. The number of aryl methyl sites for hydroxylation is 2. The van der Waals surface area contributed by atoms with Gasteiger partial charge in [0.15, 0.2) is 5.69 Å². The zero-order valence-electron chi connectivity index (χ0n) is 20.2. The quantitative estimate of drug-likeness (QED) is 0.408. The fourth-order valence-corrected chi connectivity index (χ4v) is 4.62. The second-order valence-corrected chi connectivity index (χ2v) is 9.51. The van der Waals surface area contributed by atoms with Crippen LogP contribution >= 0.6 is 11.6 Å². The molecule has 0 radical (unpaired) electrons. The van der Waals surface area contributed by atoms with Crippen molar-refractivity contribution in [1.29, 1.82) is 0 Å². The zero-order valence-corrected chi connectivity index (χ0v) is 21.7. The molecule has 1 aliphatic carbocycles. The third-order valence-electron chi connectivity index (χ3n) is 6.29. The van der Waals surface area contributed by atoms with Crippen molar-refractivity contribution in [3.8, 4) is 5.69 Å². The molecular formula is C24H30ClF4N3O3S. The van der Waals surface area contributed by atoms with Gasteiger partial charge in [-0.15, -0.1) is 0 Å². The summed E-state index contributed by atoms with van der Waals surface area (Å²) >= 11 is 5.72. The molecule has 200 valence electrons. The summed E-state index contributed by atoms with van der Waals surface area (Å²) in [5, 5.41) is 2.93. The van der Waals surface area contributed by atoms with Crippen LogP contribution in [0.5, 0.6) is 0 Å². The van der Waals surface area contributed by atoms with Crippen molar-refractivity contribution in [2.75, 3.05) is 6.54 Å². The molecule has 0 spiro atoms. The summed E-state index contributed by atoms with van der Waals surface area (Å²) < 4.78 is 70.0. The molecule has 0 saturated heterocycles. The van der Waals surface area contributed by atoms with Crippen molar-refractivity contribution in [2.45, 2.75) is 71.4 Å². The van der Waals surface area contributed by atoms with Gasteiger partial charge in [0.05, 0.1) is 5.69 Å². The van der Waals surface area contributed by atoms with E-state index in [-0.39, 0.29) is 29.4 Å². The minimum absolute atomic E-state index is 0.0188. The molecule has 2 aromatic rings. The Bertz CT molecular complexity index is 1060. The molecule has 3 rings (SSSR count). The Morgan fingerprint density at radius 2 is 1.86 bits per heavy atom. The number of nitrogens with zero attached hydrogens (tertiary/aromatic N) is 2. The van der Waals surface area contributed by atoms with Gasteiger partial charge in [-0.2, -0.15) is 21.6 Å². The van der Waals surface area contributed by atoms with E-state index in [0.717, 1.165) is 31.6 Å². The number of nitrogens with one attached hydrogen (secondary N) is 1. The Kier molecular flexibility index (Phi) is 11.5. The highest BCUT2D eigenvalue weighted by Crippen LogP contribution is 2.29. The minimum atomic E-state index is -4.23. The van der Waals surface area contributed by atoms with Gasteiger partial charge >= 0.3 is 17.7 Å². The van der Waals surface area contributed by atoms with Gasteiger partial charge in [-0.25, -0.2) is 9.37 Å². The number of halogens is 5. The van der Waals surface area contributed by atoms with Gasteiger partial charge in [0.2, 0.25) is 0 Å². The highest BCUT2D eigenvalue weighted by atomic mass is 35.5. The lowest BCUT2D eigenvalue weighted by atomic mass is 9.83. The minimum Gasteiger partial charge on any atom is -0.350 e. The van der Waals surface area contributed by atoms with E-state index in [0.29, 0.717) is 30.3 Å². The molecule has 1 aliphatic rings. The van der Waals surface area contributed by atoms with Crippen LogP contribution in [0.4, 0.5) is 17.6 Å². The molecule has 36 heavy (non-hydrogen) atoms. The van der Waals surface area contributed by atoms with Gasteiger partial charge < -0.3 is 5.32 Å². The average molecular weight is 552 g/mol. The maximum atomic E-state index is 14.9. The molecular weight excluding hydrogens is 522 g/mol. The number of alkyl halides is 3. The van der Waals surface area contributed by atoms with Crippen molar-refractivity contribution < 1.29 is 30.8 Å². The fraction of sp³-hybridized carbons (Fsp3) is 0.583. The largest absolute Gasteiger partial charge is 0.389 e. The molecule has 1 heterocycles. The summed E-state index contributed by atoms with van der Waals surface area (Å²) in [7, 11) is 0. The summed E-state index contributed by atoms with van der Waals surface area (Å²) in [5.74, 6) is 0.563. The number of carbonyl (C=O) groups is 1. The van der Waals surface area contributed by atoms with Crippen LogP contribution in [0.15, 0.2) is 18.2 Å². The van der Waals surface area contributed by atoms with E-state index in [4.69, 9.17) is 20.0 Å². The van der Waals surface area contributed by atoms with E-state index in [2.05, 4.69) is 17.2 Å². The van der Waals surface area contributed by atoms with Crippen molar-refractivity contribution in [1.82, 2.24) is 14.9 Å². The van der Waals surface area contributed by atoms with Crippen molar-refractivity contribution in [2.24, 2.45) is 11.8 Å². The van der Waals surface area contributed by atoms with Crippen LogP contribution in [0.2, 0.25) is 5.15 Å². The second-order valence-electron chi connectivity index (χ2n) is 9.01. The first-order valence-electron chi connectivity index (χ1n) is 11.8. The summed E-state index contributed by atoms with van der Waals surface area (Å²) in [6.45, 7) is 4.61. The van der Waals surface area contributed by atoms with Crippen LogP contribution < -0.4 is 5.32 Å². The van der Waals surface area contributed by atoms with E-state index in [1.54, 1.807) is 6.07 Å². The normalized spacial score (nSPS) is 17.8. The first-order valence-corrected chi connectivity index (χ1v) is 12.9. The van der Waals surface area contributed by atoms with Crippen molar-refractivity contribution in [3.05, 3.63) is 46.3 Å². The fourth-order valence-electron chi connectivity index (χ4n) is 4.31. The van der Waals surface area contributed by atoms with Gasteiger partial charge in [0, 0.05) is 19.4 Å². The van der Waals surface area contributed by atoms with E-state index < -0.39 is 35.9 Å². The first-order chi connectivity index (χ1) is 17.0. The van der Waals surface area contributed by atoms with Crippen LogP contribution in [0.25, 0.3) is 5.69 Å². The lowest BCUT2D eigenvalue weighted by Crippen LogP contribution is -2.31. The molecule has 1 N–H and O–H groups in total. The third-order valence-corrected chi connectivity index (χ3v) is 6.64. The van der Waals surface area contributed by atoms with Crippen LogP contribution in [0, 0.1) is 17.7 Å². The van der Waals surface area contributed by atoms with Crippen molar-refractivity contribution in [3.63, 3.8) is 0 Å². The van der Waals surface area contributed by atoms with Crippen LogP contribution in [-0.4, -0.2) is 36.6 Å². The number of benzene rings is 1. The predicted molar refractivity (Wildman–Crippen MR) is 129 cm³/mol. The SMILES string of the molecule is CCc1nc(C(=O)NCC2CCC(C)CC2)c(Cl)n1-c1ccc(CCCC(F)(F)F)cc1F.O=S=O. The maximum Gasteiger partial charge on any atom is 0.389 e. The number of imidazole rings is 1. The van der Waals surface area contributed by atoms with E-state index >= 15 is 0 Å². The molecule has 12 heteroatoms. The van der Waals surface area contributed by atoms with E-state index in [1.807, 2.05) is 6.92 Å². The van der Waals surface area contributed by atoms with Crippen molar-refractivity contribution >= 4 is 29.1 Å². The maximum absolute atomic E-state index is 14.9. The third kappa shape index (κ3) is 8.69. The number of hydrogen-bond acceptors (Lipinski definition) is 4. The molecule has 1 fully saturated rings. The highest BCUT2D eigenvalue weighted by molar-refractivity contribution is 7.51. The lowest BCUT2D eigenvalue weighted by molar-refractivity contribution is -0.135. The predicted octanol–water partition coefficient (Wildman–Crippen LogP) is 6.00. The first kappa shape index (κ1) is 30.0. The molecule has 0 unspecified atom stereocenters. The Hall–Kier alpha value is -2.27. The lowest BCUT2D eigenvalue weighted by Gasteiger charge is -2.26. The molecule has 1 saturated carbocycles. The number of rotatable bonds is 8. The molecule has 1 amide bonds. The number of carbonyl (C=O) groups excluding carboxylic acids is 1. The number of hydrogen-bond donors (Lipinski definition) is 1. The topological polar surface area (TPSA) is 81.1 Å². The van der Waals surface area contributed by atoms with Crippen LogP contribution in [0.3, 0.4) is 0 Å². The number of amides is 1. The van der Waals surface area contributed by atoms with Gasteiger partial charge in [-0.1, -0.05) is 44.4 Å². The summed E-state index contributed by atoms with van der Waals surface area (Å²) in [6.07, 6.45) is -0.272. The molecule has 0 bridgehead atoms. The van der Waals surface area contributed by atoms with E-state index in [9.17, 15) is 22.4 Å². The van der Waals surface area contributed by atoms with Gasteiger partial charge in [0.1, 0.15) is 16.8 Å². The monoisotopic (exact) mass is 551 g/mol. The zero-order chi connectivity index (χ0) is 26.9. The van der Waals surface area contributed by atoms with E-state index in [1.165, 1.54) is 16.7 Å². The molecule has 1 aromatic carbocycles. The standard InChI is InChI=1S/C24H30ClF4N3O.O2S/c1-3-20-31-21(23(33)30-14-17-8-6-15(2)7-9-17)22(25)32(20)19-11-10-16(13-18(19)26)5-4-12-24(27,28)29;1-3-2/h10-11,13,15,17H,3-9,12,14H2,1-2H3,(H,30,33);. The van der Waals surface area contributed by atoms with Gasteiger partial charge in [0.25, 0.3) is 5.91 Å². The number of aromatic nitrogens is 2. The molecule has 6 nitrogen and oxygen atoms in total. The Morgan fingerprint density at radius 1 is 1.22 bits per heavy atom.